The largest absolute Gasteiger partial charge is 0.207 e. The highest BCUT2D eigenvalue weighted by Crippen LogP contribution is 2.08. The summed E-state index contributed by atoms with van der Waals surface area (Å²) in [5.41, 5.74) is -0.513. The molecule has 2 rings (SSSR count). The Kier molecular flexibility index (Phi) is 3.60. The summed E-state index contributed by atoms with van der Waals surface area (Å²) in [4.78, 5) is 0. The van der Waals surface area contributed by atoms with Gasteiger partial charge in [0.15, 0.2) is 7.28 Å². The molecule has 0 aliphatic rings. The summed E-state index contributed by atoms with van der Waals surface area (Å²) < 4.78 is 66.0. The van der Waals surface area contributed by atoms with Crippen LogP contribution >= 0.6 is 0 Å². The van der Waals surface area contributed by atoms with E-state index in [9.17, 15) is 22.0 Å². The lowest BCUT2D eigenvalue weighted by molar-refractivity contribution is 0.553. The Morgan fingerprint density at radius 3 is 1.79 bits per heavy atom. The summed E-state index contributed by atoms with van der Waals surface area (Å²) in [5, 5.41) is 0. The Hall–Kier alpha value is -1.85. The van der Waals surface area contributed by atoms with Gasteiger partial charge >= 0.3 is 0 Å². The van der Waals surface area contributed by atoms with E-state index in [0.29, 0.717) is 18.2 Å². The van der Waals surface area contributed by atoms with Gasteiger partial charge in [-0.1, -0.05) is 5.46 Å². The van der Waals surface area contributed by atoms with Crippen LogP contribution in [0, 0.1) is 36.0 Å². The van der Waals surface area contributed by atoms with Crippen molar-refractivity contribution in [2.24, 2.45) is 0 Å². The van der Waals surface area contributed by atoms with Crippen LogP contribution in [0.5, 0.6) is 0 Å². The topological polar surface area (TPSA) is 0 Å². The van der Waals surface area contributed by atoms with Crippen molar-refractivity contribution in [3.05, 3.63) is 58.9 Å². The van der Waals surface area contributed by atoms with Crippen molar-refractivity contribution >= 4 is 18.2 Å². The third-order valence-electron chi connectivity index (χ3n) is 2.69. The second kappa shape index (κ2) is 5.03. The van der Waals surface area contributed by atoms with Crippen molar-refractivity contribution in [2.45, 2.75) is 6.92 Å². The molecule has 0 nitrogen and oxygen atoms in total. The van der Waals surface area contributed by atoms with Crippen LogP contribution in [0.15, 0.2) is 24.3 Å². The molecule has 0 fully saturated rings. The summed E-state index contributed by atoms with van der Waals surface area (Å²) >= 11 is 0. The van der Waals surface area contributed by atoms with Gasteiger partial charge in [0, 0.05) is 18.2 Å². The van der Waals surface area contributed by atoms with Gasteiger partial charge in [-0.05, 0) is 24.0 Å². The molecular formula is C13H7BF5. The average Bonchev–Trinajstić information content (AvgIpc) is 2.29. The molecule has 2 aromatic carbocycles. The van der Waals surface area contributed by atoms with E-state index in [1.54, 1.807) is 0 Å². The molecule has 0 aliphatic heterocycles. The van der Waals surface area contributed by atoms with Crippen molar-refractivity contribution in [2.75, 3.05) is 0 Å². The number of hydrogen-bond acceptors (Lipinski definition) is 0. The highest BCUT2D eigenvalue weighted by molar-refractivity contribution is 6.67. The molecule has 0 saturated heterocycles. The smallest absolute Gasteiger partial charge is 0.199 e. The zero-order valence-electron chi connectivity index (χ0n) is 9.78. The van der Waals surface area contributed by atoms with Crippen molar-refractivity contribution in [3.63, 3.8) is 0 Å². The molecule has 97 valence electrons. The third-order valence-corrected chi connectivity index (χ3v) is 2.69. The molecule has 0 N–H and O–H groups in total. The summed E-state index contributed by atoms with van der Waals surface area (Å²) in [6.07, 6.45) is 0. The number of hydrogen-bond donors (Lipinski definition) is 0. The number of halogens is 5. The molecule has 0 saturated carbocycles. The lowest BCUT2D eigenvalue weighted by atomic mass is 9.62. The zero-order valence-corrected chi connectivity index (χ0v) is 9.78. The van der Waals surface area contributed by atoms with Crippen LogP contribution in [0.1, 0.15) is 5.56 Å². The van der Waals surface area contributed by atoms with E-state index in [4.69, 9.17) is 0 Å². The molecule has 6 heteroatoms. The van der Waals surface area contributed by atoms with Crippen LogP contribution in [-0.2, 0) is 0 Å². The van der Waals surface area contributed by atoms with Crippen molar-refractivity contribution in [1.82, 2.24) is 0 Å². The molecular weight excluding hydrogens is 262 g/mol. The van der Waals surface area contributed by atoms with Crippen LogP contribution in [-0.4, -0.2) is 7.28 Å². The second-order valence-electron chi connectivity index (χ2n) is 4.03. The first-order valence-electron chi connectivity index (χ1n) is 5.33. The van der Waals surface area contributed by atoms with Crippen molar-refractivity contribution in [3.8, 4) is 0 Å². The minimum Gasteiger partial charge on any atom is -0.207 e. The molecule has 0 aromatic heterocycles. The summed E-state index contributed by atoms with van der Waals surface area (Å²) in [5.74, 6) is -5.02. The number of benzene rings is 2. The van der Waals surface area contributed by atoms with Gasteiger partial charge in [-0.3, -0.25) is 0 Å². The predicted octanol–water partition coefficient (Wildman–Crippen LogP) is 2.35. The molecule has 0 spiro atoms. The Morgan fingerprint density at radius 1 is 0.737 bits per heavy atom. The van der Waals surface area contributed by atoms with Crippen LogP contribution < -0.4 is 10.9 Å². The van der Waals surface area contributed by atoms with E-state index in [2.05, 4.69) is 0 Å². The second-order valence-corrected chi connectivity index (χ2v) is 4.03. The first kappa shape index (κ1) is 13.6. The Morgan fingerprint density at radius 2 is 1.21 bits per heavy atom. The molecule has 1 radical (unpaired) electrons. The molecule has 0 bridgehead atoms. The highest BCUT2D eigenvalue weighted by Gasteiger charge is 2.16. The number of rotatable bonds is 2. The summed E-state index contributed by atoms with van der Waals surface area (Å²) in [7, 11) is 0.936. The fraction of sp³-hybridized carbons (Fsp3) is 0.0769. The van der Waals surface area contributed by atoms with Gasteiger partial charge in [0.2, 0.25) is 0 Å². The first-order chi connectivity index (χ1) is 8.88. The van der Waals surface area contributed by atoms with E-state index in [0.717, 1.165) is 13.3 Å². The molecule has 0 amide bonds. The fourth-order valence-electron chi connectivity index (χ4n) is 1.66. The summed E-state index contributed by atoms with van der Waals surface area (Å²) in [6, 6.07) is 2.62. The molecule has 2 aromatic rings. The predicted molar refractivity (Wildman–Crippen MR) is 62.4 cm³/mol. The summed E-state index contributed by atoms with van der Waals surface area (Å²) in [6.45, 7) is 1.35. The molecule has 0 unspecified atom stereocenters. The third kappa shape index (κ3) is 2.77. The Labute approximate surface area is 107 Å². The van der Waals surface area contributed by atoms with Gasteiger partial charge in [0.1, 0.15) is 29.1 Å². The molecule has 0 heterocycles. The maximum absolute atomic E-state index is 13.4. The molecule has 0 aliphatic carbocycles. The average molecular weight is 269 g/mol. The monoisotopic (exact) mass is 269 g/mol. The highest BCUT2D eigenvalue weighted by atomic mass is 19.2. The lowest BCUT2D eigenvalue weighted by Gasteiger charge is -2.08. The van der Waals surface area contributed by atoms with Crippen molar-refractivity contribution < 1.29 is 22.0 Å². The van der Waals surface area contributed by atoms with E-state index in [-0.39, 0.29) is 11.0 Å². The van der Waals surface area contributed by atoms with Crippen LogP contribution in [0.3, 0.4) is 0 Å². The fourth-order valence-corrected chi connectivity index (χ4v) is 1.66. The minimum atomic E-state index is -1.14. The van der Waals surface area contributed by atoms with Crippen LogP contribution in [0.4, 0.5) is 22.0 Å². The van der Waals surface area contributed by atoms with Crippen molar-refractivity contribution in [1.29, 1.82) is 0 Å². The van der Waals surface area contributed by atoms with E-state index >= 15 is 0 Å². The maximum atomic E-state index is 13.4. The van der Waals surface area contributed by atoms with Crippen LogP contribution in [0.2, 0.25) is 0 Å². The maximum Gasteiger partial charge on any atom is 0.199 e. The van der Waals surface area contributed by atoms with Gasteiger partial charge in [0.05, 0.1) is 0 Å². The Bertz CT molecular complexity index is 616. The Balaban J connectivity index is 2.48. The normalized spacial score (nSPS) is 10.6. The van der Waals surface area contributed by atoms with Gasteiger partial charge in [-0.25, -0.2) is 22.0 Å². The van der Waals surface area contributed by atoms with E-state index in [1.807, 2.05) is 0 Å². The molecule has 0 atom stereocenters. The SMILES string of the molecule is Cc1c(F)cc(F)cc1[B]c1c(F)cc(F)cc1F. The van der Waals surface area contributed by atoms with Gasteiger partial charge < -0.3 is 0 Å². The quantitative estimate of drug-likeness (QED) is 0.580. The van der Waals surface area contributed by atoms with E-state index in [1.165, 1.54) is 6.92 Å². The first-order valence-corrected chi connectivity index (χ1v) is 5.33. The lowest BCUT2D eigenvalue weighted by Crippen LogP contribution is -2.34. The van der Waals surface area contributed by atoms with Gasteiger partial charge in [0.25, 0.3) is 0 Å². The van der Waals surface area contributed by atoms with Gasteiger partial charge in [-0.2, -0.15) is 0 Å². The molecule has 19 heavy (non-hydrogen) atoms. The van der Waals surface area contributed by atoms with Crippen LogP contribution in [0.25, 0.3) is 0 Å². The van der Waals surface area contributed by atoms with Gasteiger partial charge in [-0.15, -0.1) is 0 Å². The zero-order chi connectivity index (χ0) is 14.2. The minimum absolute atomic E-state index is 0.0121. The standard InChI is InChI=1S/C13H7BF5/c1-6-9(2-7(15)3-10(6)17)14-13-11(18)4-8(16)5-12(13)19/h2-5H,1H3. The van der Waals surface area contributed by atoms with E-state index < -0.39 is 34.5 Å².